The molecule has 5 nitrogen and oxygen atoms in total. The number of amides is 1. The van der Waals surface area contributed by atoms with Crippen molar-refractivity contribution in [3.63, 3.8) is 0 Å². The summed E-state index contributed by atoms with van der Waals surface area (Å²) in [5.41, 5.74) is 2.75. The minimum absolute atomic E-state index is 0.265. The molecule has 0 radical (unpaired) electrons. The van der Waals surface area contributed by atoms with Crippen LogP contribution in [-0.4, -0.2) is 18.0 Å². The van der Waals surface area contributed by atoms with Gasteiger partial charge in [0.1, 0.15) is 17.3 Å². The predicted octanol–water partition coefficient (Wildman–Crippen LogP) is 5.73. The molecule has 4 aromatic rings. The highest BCUT2D eigenvalue weighted by molar-refractivity contribution is 7.14. The van der Waals surface area contributed by atoms with Crippen LogP contribution in [0.25, 0.3) is 28.7 Å². The second-order valence-electron chi connectivity index (χ2n) is 6.16. The van der Waals surface area contributed by atoms with Crippen molar-refractivity contribution in [2.24, 2.45) is 0 Å². The second-order valence-corrected chi connectivity index (χ2v) is 7.02. The van der Waals surface area contributed by atoms with Gasteiger partial charge in [0.05, 0.1) is 12.8 Å². The lowest BCUT2D eigenvalue weighted by Crippen LogP contribution is -2.07. The van der Waals surface area contributed by atoms with Crippen LogP contribution < -0.4 is 10.1 Å². The molecule has 0 unspecified atom stereocenters. The van der Waals surface area contributed by atoms with Crippen LogP contribution in [0.3, 0.4) is 0 Å². The number of rotatable bonds is 6. The fourth-order valence-corrected chi connectivity index (χ4v) is 3.45. The van der Waals surface area contributed by atoms with Gasteiger partial charge in [-0.3, -0.25) is 10.1 Å². The number of anilines is 1. The topological polar surface area (TPSA) is 64.4 Å². The van der Waals surface area contributed by atoms with Crippen molar-refractivity contribution in [2.75, 3.05) is 12.4 Å². The van der Waals surface area contributed by atoms with Crippen LogP contribution in [0.4, 0.5) is 5.13 Å². The van der Waals surface area contributed by atoms with Crippen molar-refractivity contribution < 1.29 is 13.9 Å². The molecule has 1 N–H and O–H groups in total. The monoisotopic (exact) mass is 402 g/mol. The number of carbonyl (C=O) groups is 1. The molecule has 0 saturated carbocycles. The summed E-state index contributed by atoms with van der Waals surface area (Å²) in [4.78, 5) is 16.7. The van der Waals surface area contributed by atoms with E-state index in [0.29, 0.717) is 10.9 Å². The van der Waals surface area contributed by atoms with Crippen molar-refractivity contribution in [2.45, 2.75) is 0 Å². The van der Waals surface area contributed by atoms with E-state index in [4.69, 9.17) is 9.15 Å². The molecule has 0 bridgehead atoms. The smallest absolute Gasteiger partial charge is 0.250 e. The summed E-state index contributed by atoms with van der Waals surface area (Å²) in [7, 11) is 1.63. The molecule has 1 amide bonds. The van der Waals surface area contributed by atoms with E-state index >= 15 is 0 Å². The molecule has 0 atom stereocenters. The summed E-state index contributed by atoms with van der Waals surface area (Å²) in [6, 6.07) is 21.1. The molecule has 144 valence electrons. The largest absolute Gasteiger partial charge is 0.497 e. The highest BCUT2D eigenvalue weighted by Crippen LogP contribution is 2.26. The molecule has 2 aromatic heterocycles. The van der Waals surface area contributed by atoms with Gasteiger partial charge < -0.3 is 9.15 Å². The molecule has 0 aliphatic rings. The number of nitrogens with zero attached hydrogens (tertiary/aromatic N) is 1. The number of furan rings is 1. The van der Waals surface area contributed by atoms with E-state index in [1.54, 1.807) is 13.2 Å². The number of hydrogen-bond donors (Lipinski definition) is 1. The number of hydrogen-bond acceptors (Lipinski definition) is 5. The first kappa shape index (κ1) is 18.7. The van der Waals surface area contributed by atoms with Crippen molar-refractivity contribution in [3.8, 4) is 28.3 Å². The molecule has 0 aliphatic heterocycles. The third-order valence-corrected chi connectivity index (χ3v) is 4.96. The molecule has 0 saturated heterocycles. The minimum Gasteiger partial charge on any atom is -0.497 e. The van der Waals surface area contributed by atoms with Gasteiger partial charge in [-0.25, -0.2) is 4.98 Å². The zero-order valence-corrected chi connectivity index (χ0v) is 16.5. The van der Waals surface area contributed by atoms with Gasteiger partial charge in [0.15, 0.2) is 5.13 Å². The van der Waals surface area contributed by atoms with E-state index < -0.39 is 0 Å². The summed E-state index contributed by atoms with van der Waals surface area (Å²) in [5, 5.41) is 5.22. The molecule has 0 spiro atoms. The summed E-state index contributed by atoms with van der Waals surface area (Å²) >= 11 is 1.37. The number of benzene rings is 2. The maximum Gasteiger partial charge on any atom is 0.250 e. The first-order valence-electron chi connectivity index (χ1n) is 8.95. The zero-order valence-electron chi connectivity index (χ0n) is 15.7. The molecule has 2 aromatic carbocycles. The van der Waals surface area contributed by atoms with Crippen molar-refractivity contribution >= 4 is 28.5 Å². The van der Waals surface area contributed by atoms with E-state index in [0.717, 1.165) is 28.3 Å². The van der Waals surface area contributed by atoms with Gasteiger partial charge in [-0.1, -0.05) is 30.3 Å². The molecular weight excluding hydrogens is 384 g/mol. The highest BCUT2D eigenvalue weighted by atomic mass is 32.1. The standard InChI is InChI=1S/C23H18N2O3S/c1-27-18-9-7-16(8-10-18)20-15-29-23(24-20)25-22(26)14-12-19-11-13-21(28-19)17-5-3-2-4-6-17/h2-15H,1H3,(H,24,25,26)/b14-12+. The Hall–Kier alpha value is -3.64. The van der Waals surface area contributed by atoms with Crippen molar-refractivity contribution in [1.82, 2.24) is 4.98 Å². The molecular formula is C23H18N2O3S. The Labute approximate surface area is 172 Å². The number of carbonyl (C=O) groups excluding carboxylic acids is 1. The molecule has 0 aliphatic carbocycles. The summed E-state index contributed by atoms with van der Waals surface area (Å²) < 4.78 is 10.9. The van der Waals surface area contributed by atoms with Gasteiger partial charge in [-0.2, -0.15) is 0 Å². The van der Waals surface area contributed by atoms with Crippen LogP contribution in [-0.2, 0) is 4.79 Å². The van der Waals surface area contributed by atoms with Gasteiger partial charge in [0, 0.05) is 22.6 Å². The zero-order chi connectivity index (χ0) is 20.1. The first-order valence-corrected chi connectivity index (χ1v) is 9.83. The highest BCUT2D eigenvalue weighted by Gasteiger charge is 2.07. The van der Waals surface area contributed by atoms with Gasteiger partial charge >= 0.3 is 0 Å². The Morgan fingerprint density at radius 2 is 1.83 bits per heavy atom. The average molecular weight is 402 g/mol. The maximum absolute atomic E-state index is 12.2. The van der Waals surface area contributed by atoms with E-state index in [9.17, 15) is 4.79 Å². The lowest BCUT2D eigenvalue weighted by molar-refractivity contribution is -0.111. The van der Waals surface area contributed by atoms with E-state index in [1.807, 2.05) is 72.1 Å². The number of ether oxygens (including phenoxy) is 1. The number of methoxy groups -OCH3 is 1. The van der Waals surface area contributed by atoms with Gasteiger partial charge in [0.2, 0.25) is 5.91 Å². The van der Waals surface area contributed by atoms with E-state index in [2.05, 4.69) is 10.3 Å². The van der Waals surface area contributed by atoms with Crippen molar-refractivity contribution in [3.05, 3.63) is 83.9 Å². The fraction of sp³-hybridized carbons (Fsp3) is 0.0435. The van der Waals surface area contributed by atoms with Crippen LogP contribution in [0, 0.1) is 0 Å². The predicted molar refractivity (Wildman–Crippen MR) is 116 cm³/mol. The third kappa shape index (κ3) is 4.62. The summed E-state index contributed by atoms with van der Waals surface area (Å²) in [6.45, 7) is 0. The number of nitrogens with one attached hydrogen (secondary N) is 1. The van der Waals surface area contributed by atoms with Crippen LogP contribution in [0.15, 0.2) is 82.6 Å². The number of aromatic nitrogens is 1. The maximum atomic E-state index is 12.2. The van der Waals surface area contributed by atoms with Crippen LogP contribution in [0.1, 0.15) is 5.76 Å². The van der Waals surface area contributed by atoms with Crippen LogP contribution >= 0.6 is 11.3 Å². The summed E-state index contributed by atoms with van der Waals surface area (Å²) in [6.07, 6.45) is 3.07. The molecule has 4 rings (SSSR count). The fourth-order valence-electron chi connectivity index (χ4n) is 2.73. The van der Waals surface area contributed by atoms with Gasteiger partial charge in [0.25, 0.3) is 0 Å². The third-order valence-electron chi connectivity index (χ3n) is 4.20. The van der Waals surface area contributed by atoms with E-state index in [-0.39, 0.29) is 5.91 Å². The Bertz CT molecular complexity index is 1130. The Balaban J connectivity index is 1.38. The van der Waals surface area contributed by atoms with E-state index in [1.165, 1.54) is 17.4 Å². The minimum atomic E-state index is -0.265. The molecule has 6 heteroatoms. The first-order chi connectivity index (χ1) is 14.2. The second kappa shape index (κ2) is 8.58. The van der Waals surface area contributed by atoms with Crippen molar-refractivity contribution in [1.29, 1.82) is 0 Å². The lowest BCUT2D eigenvalue weighted by atomic mass is 10.2. The van der Waals surface area contributed by atoms with Crippen LogP contribution in [0.2, 0.25) is 0 Å². The Morgan fingerprint density at radius 1 is 1.03 bits per heavy atom. The van der Waals surface area contributed by atoms with Crippen LogP contribution in [0.5, 0.6) is 5.75 Å². The SMILES string of the molecule is COc1ccc(-c2csc(NC(=O)/C=C/c3ccc(-c4ccccc4)o3)n2)cc1. The normalized spacial score (nSPS) is 10.9. The molecule has 29 heavy (non-hydrogen) atoms. The van der Waals surface area contributed by atoms with Gasteiger partial charge in [-0.15, -0.1) is 11.3 Å². The Kier molecular flexibility index (Phi) is 5.54. The Morgan fingerprint density at radius 3 is 2.59 bits per heavy atom. The summed E-state index contributed by atoms with van der Waals surface area (Å²) in [5.74, 6) is 1.89. The lowest BCUT2D eigenvalue weighted by Gasteiger charge is -2.00. The average Bonchev–Trinajstić information content (AvgIpc) is 3.43. The quantitative estimate of drug-likeness (QED) is 0.418. The molecule has 2 heterocycles. The number of thiazole rings is 1. The van der Waals surface area contributed by atoms with Gasteiger partial charge in [-0.05, 0) is 42.5 Å². The molecule has 0 fully saturated rings.